The molecule has 1 atom stereocenters. The van der Waals surface area contributed by atoms with E-state index in [9.17, 15) is 17.6 Å². The highest BCUT2D eigenvalue weighted by atomic mass is 19.4. The zero-order valence-corrected chi connectivity index (χ0v) is 7.22. The summed E-state index contributed by atoms with van der Waals surface area (Å²) in [6, 6.07) is 2.83. The van der Waals surface area contributed by atoms with E-state index in [0.717, 1.165) is 0 Å². The Labute approximate surface area is 82.4 Å². The fraction of sp³-hybridized carbons (Fsp3) is 0.222. The maximum Gasteiger partial charge on any atom is 0.416 e. The molecule has 0 heterocycles. The molecule has 0 radical (unpaired) electrons. The van der Waals surface area contributed by atoms with Crippen LogP contribution in [0.2, 0.25) is 0 Å². The lowest BCUT2D eigenvalue weighted by atomic mass is 10.1. The number of rotatable bonds is 1. The molecule has 0 saturated carbocycles. The molecule has 6 heteroatoms. The molecule has 0 amide bonds. The average molecular weight is 219 g/mol. The topological polar surface area (TPSA) is 44.0 Å². The van der Waals surface area contributed by atoms with Gasteiger partial charge in [0.25, 0.3) is 0 Å². The van der Waals surface area contributed by atoms with Gasteiger partial charge in [-0.1, -0.05) is 0 Å². The molecule has 1 aromatic carbocycles. The van der Waals surface area contributed by atoms with Gasteiger partial charge in [-0.15, -0.1) is 0 Å². The third-order valence-corrected chi connectivity index (χ3v) is 1.69. The lowest BCUT2D eigenvalue weighted by Crippen LogP contribution is -2.07. The molecule has 0 aliphatic heterocycles. The van der Waals surface area contributed by atoms with Crippen molar-refractivity contribution in [2.75, 3.05) is 0 Å². The summed E-state index contributed by atoms with van der Waals surface area (Å²) in [5, 5.41) is 17.2. The summed E-state index contributed by atoms with van der Waals surface area (Å²) < 4.78 is 49.3. The van der Waals surface area contributed by atoms with Crippen LogP contribution in [0.4, 0.5) is 17.6 Å². The maximum atomic E-state index is 12.7. The van der Waals surface area contributed by atoms with Crippen LogP contribution < -0.4 is 0 Å². The zero-order chi connectivity index (χ0) is 11.6. The smallest absolute Gasteiger partial charge is 0.374 e. The van der Waals surface area contributed by atoms with Gasteiger partial charge >= 0.3 is 6.18 Å². The minimum Gasteiger partial charge on any atom is -0.374 e. The van der Waals surface area contributed by atoms with E-state index in [2.05, 4.69) is 0 Å². The molecule has 15 heavy (non-hydrogen) atoms. The van der Waals surface area contributed by atoms with Crippen molar-refractivity contribution in [3.05, 3.63) is 35.1 Å². The van der Waals surface area contributed by atoms with Crippen molar-refractivity contribution in [3.63, 3.8) is 0 Å². The molecule has 1 rings (SSSR count). The second kappa shape index (κ2) is 3.87. The van der Waals surface area contributed by atoms with Crippen LogP contribution in [0.5, 0.6) is 0 Å². The predicted octanol–water partition coefficient (Wildman–Crippen LogP) is 2.40. The van der Waals surface area contributed by atoms with E-state index in [-0.39, 0.29) is 0 Å². The summed E-state index contributed by atoms with van der Waals surface area (Å²) >= 11 is 0. The van der Waals surface area contributed by atoms with Crippen LogP contribution in [0.3, 0.4) is 0 Å². The van der Waals surface area contributed by atoms with Gasteiger partial charge in [-0.2, -0.15) is 18.4 Å². The van der Waals surface area contributed by atoms with Gasteiger partial charge in [0.15, 0.2) is 6.10 Å². The van der Waals surface area contributed by atoms with Gasteiger partial charge in [0.1, 0.15) is 5.82 Å². The number of alkyl halides is 3. The number of benzene rings is 1. The average Bonchev–Trinajstić information content (AvgIpc) is 2.14. The van der Waals surface area contributed by atoms with Gasteiger partial charge in [-0.25, -0.2) is 4.39 Å². The Balaban J connectivity index is 3.24. The Morgan fingerprint density at radius 1 is 1.27 bits per heavy atom. The third-order valence-electron chi connectivity index (χ3n) is 1.69. The van der Waals surface area contributed by atoms with Crippen molar-refractivity contribution >= 4 is 0 Å². The van der Waals surface area contributed by atoms with Crippen LogP contribution in [0, 0.1) is 17.1 Å². The molecular weight excluding hydrogens is 214 g/mol. The van der Waals surface area contributed by atoms with Crippen LogP contribution >= 0.6 is 0 Å². The monoisotopic (exact) mass is 219 g/mol. The highest BCUT2D eigenvalue weighted by molar-refractivity contribution is 5.30. The van der Waals surface area contributed by atoms with Crippen molar-refractivity contribution in [1.29, 1.82) is 5.26 Å². The largest absolute Gasteiger partial charge is 0.416 e. The van der Waals surface area contributed by atoms with Crippen molar-refractivity contribution in [3.8, 4) is 6.07 Å². The Morgan fingerprint density at radius 2 is 1.87 bits per heavy atom. The van der Waals surface area contributed by atoms with E-state index in [0.29, 0.717) is 18.2 Å². The predicted molar refractivity (Wildman–Crippen MR) is 42.0 cm³/mol. The lowest BCUT2D eigenvalue weighted by molar-refractivity contribution is -0.137. The summed E-state index contributed by atoms with van der Waals surface area (Å²) in [6.07, 6.45) is -6.46. The molecule has 1 N–H and O–H groups in total. The van der Waals surface area contributed by atoms with E-state index in [1.807, 2.05) is 0 Å². The summed E-state index contributed by atoms with van der Waals surface area (Å²) in [7, 11) is 0. The van der Waals surface area contributed by atoms with Gasteiger partial charge in [-0.3, -0.25) is 0 Å². The molecule has 0 saturated heterocycles. The number of nitriles is 1. The molecular formula is C9H5F4NO. The van der Waals surface area contributed by atoms with Crippen molar-refractivity contribution in [1.82, 2.24) is 0 Å². The molecule has 0 fully saturated rings. The van der Waals surface area contributed by atoms with Crippen LogP contribution in [-0.4, -0.2) is 5.11 Å². The first-order chi connectivity index (χ1) is 6.84. The maximum absolute atomic E-state index is 12.7. The number of halogens is 4. The second-order valence-electron chi connectivity index (χ2n) is 2.80. The van der Waals surface area contributed by atoms with Gasteiger partial charge in [0.05, 0.1) is 11.6 Å². The van der Waals surface area contributed by atoms with Gasteiger partial charge in [0, 0.05) is 0 Å². The zero-order valence-electron chi connectivity index (χ0n) is 7.22. The molecule has 0 aliphatic carbocycles. The highest BCUT2D eigenvalue weighted by Gasteiger charge is 2.31. The SMILES string of the molecule is N#CC(O)c1cc(F)cc(C(F)(F)F)c1. The quantitative estimate of drug-likeness (QED) is 0.582. The van der Waals surface area contributed by atoms with Crippen molar-refractivity contribution in [2.45, 2.75) is 12.3 Å². The van der Waals surface area contributed by atoms with Crippen LogP contribution in [0.1, 0.15) is 17.2 Å². The minimum atomic E-state index is -4.70. The summed E-state index contributed by atoms with van der Waals surface area (Å²) in [6.45, 7) is 0. The van der Waals surface area contributed by atoms with Gasteiger partial charge in [0.2, 0.25) is 0 Å². The van der Waals surface area contributed by atoms with Crippen molar-refractivity contribution in [2.24, 2.45) is 0 Å². The first-order valence-electron chi connectivity index (χ1n) is 3.80. The summed E-state index contributed by atoms with van der Waals surface area (Å²) in [4.78, 5) is 0. The molecule has 0 aromatic heterocycles. The summed E-state index contributed by atoms with van der Waals surface area (Å²) in [5.74, 6) is -1.14. The Morgan fingerprint density at radius 3 is 2.33 bits per heavy atom. The minimum absolute atomic E-state index is 0.299. The van der Waals surface area contributed by atoms with Crippen LogP contribution in [-0.2, 0) is 6.18 Å². The first kappa shape index (κ1) is 11.5. The third kappa shape index (κ3) is 2.67. The standard InChI is InChI=1S/C9H5F4NO/c10-7-2-5(8(15)4-14)1-6(3-7)9(11,12)13/h1-3,8,15H. The normalized spacial score (nSPS) is 13.3. The Hall–Kier alpha value is -1.61. The number of hydrogen-bond donors (Lipinski definition) is 1. The molecule has 1 unspecified atom stereocenters. The fourth-order valence-electron chi connectivity index (χ4n) is 1.01. The van der Waals surface area contributed by atoms with Crippen molar-refractivity contribution < 1.29 is 22.7 Å². The summed E-state index contributed by atoms with van der Waals surface area (Å²) in [5.41, 5.74) is -1.64. The lowest BCUT2D eigenvalue weighted by Gasteiger charge is -2.09. The number of nitrogens with zero attached hydrogens (tertiary/aromatic N) is 1. The van der Waals surface area contributed by atoms with E-state index < -0.39 is 29.2 Å². The number of hydrogen-bond acceptors (Lipinski definition) is 2. The molecule has 80 valence electrons. The fourth-order valence-corrected chi connectivity index (χ4v) is 1.01. The van der Waals surface area contributed by atoms with Gasteiger partial charge < -0.3 is 5.11 Å². The number of aliphatic hydroxyl groups is 1. The van der Waals surface area contributed by atoms with Gasteiger partial charge in [-0.05, 0) is 23.8 Å². The van der Waals surface area contributed by atoms with E-state index >= 15 is 0 Å². The van der Waals surface area contributed by atoms with Crippen LogP contribution in [0.15, 0.2) is 18.2 Å². The van der Waals surface area contributed by atoms with E-state index in [4.69, 9.17) is 10.4 Å². The second-order valence-corrected chi connectivity index (χ2v) is 2.80. The first-order valence-corrected chi connectivity index (χ1v) is 3.80. The Kier molecular flexibility index (Phi) is 2.95. The molecule has 1 aromatic rings. The van der Waals surface area contributed by atoms with E-state index in [1.165, 1.54) is 6.07 Å². The molecule has 0 spiro atoms. The highest BCUT2D eigenvalue weighted by Crippen LogP contribution is 2.31. The molecule has 2 nitrogen and oxygen atoms in total. The van der Waals surface area contributed by atoms with Crippen LogP contribution in [0.25, 0.3) is 0 Å². The molecule has 0 aliphatic rings. The Bertz CT molecular complexity index is 408. The molecule has 0 bridgehead atoms. The van der Waals surface area contributed by atoms with E-state index in [1.54, 1.807) is 0 Å². The number of aliphatic hydroxyl groups excluding tert-OH is 1.